The van der Waals surface area contributed by atoms with E-state index in [1.165, 1.54) is 32.4 Å². The average molecular weight is 476 g/mol. The molecule has 0 aliphatic carbocycles. The Labute approximate surface area is 184 Å². The molecule has 0 unspecified atom stereocenters. The number of anilines is 1. The Morgan fingerprint density at radius 1 is 1.22 bits per heavy atom. The highest BCUT2D eigenvalue weighted by Crippen LogP contribution is 2.36. The molecule has 9 nitrogen and oxygen atoms in total. The van der Waals surface area contributed by atoms with Crippen molar-refractivity contribution in [3.63, 3.8) is 0 Å². The number of carbonyl (C=O) groups is 2. The monoisotopic (exact) mass is 475 g/mol. The molecule has 32 heavy (non-hydrogen) atoms. The average Bonchev–Trinajstić information content (AvgIpc) is 2.72. The maximum atomic E-state index is 12.9. The normalized spacial score (nSPS) is 10.9. The van der Waals surface area contributed by atoms with Gasteiger partial charge in [0.1, 0.15) is 5.75 Å². The third kappa shape index (κ3) is 6.48. The summed E-state index contributed by atoms with van der Waals surface area (Å²) in [6.45, 7) is -1.12. The number of methoxy groups -OCH3 is 1. The summed E-state index contributed by atoms with van der Waals surface area (Å²) in [6.07, 6.45) is -4.70. The van der Waals surface area contributed by atoms with Gasteiger partial charge < -0.3 is 19.7 Å². The third-order valence-electron chi connectivity index (χ3n) is 4.08. The molecule has 0 heterocycles. The maximum absolute atomic E-state index is 12.9. The van der Waals surface area contributed by atoms with Crippen molar-refractivity contribution < 1.29 is 37.2 Å². The molecule has 13 heteroatoms. The number of halogens is 4. The lowest BCUT2D eigenvalue weighted by Gasteiger charge is -2.18. The molecular formula is C19H17ClF3N3O6. The van der Waals surface area contributed by atoms with Gasteiger partial charge >= 0.3 is 11.9 Å². The van der Waals surface area contributed by atoms with E-state index in [0.29, 0.717) is 6.07 Å². The predicted octanol–water partition coefficient (Wildman–Crippen LogP) is 3.75. The Hall–Kier alpha value is -3.54. The molecule has 0 saturated heterocycles. The Morgan fingerprint density at radius 3 is 2.50 bits per heavy atom. The van der Waals surface area contributed by atoms with Crippen molar-refractivity contribution in [1.82, 2.24) is 4.90 Å². The summed E-state index contributed by atoms with van der Waals surface area (Å²) in [5, 5.41) is 12.9. The van der Waals surface area contributed by atoms with E-state index in [1.807, 2.05) is 0 Å². The molecule has 0 saturated carbocycles. The SMILES string of the molecule is COc1ccc(OCC(=O)N(C)CC(=O)Nc2ccc(Cl)c(C(F)(F)F)c2)c([N+](=O)[O-])c1. The van der Waals surface area contributed by atoms with Crippen molar-refractivity contribution in [2.45, 2.75) is 6.18 Å². The first-order chi connectivity index (χ1) is 14.9. The van der Waals surface area contributed by atoms with Gasteiger partial charge in [-0.1, -0.05) is 11.6 Å². The fourth-order valence-electron chi connectivity index (χ4n) is 2.46. The number of amides is 2. The maximum Gasteiger partial charge on any atom is 0.417 e. The summed E-state index contributed by atoms with van der Waals surface area (Å²) in [5.41, 5.74) is -1.69. The van der Waals surface area contributed by atoms with Gasteiger partial charge in [-0.15, -0.1) is 0 Å². The van der Waals surface area contributed by atoms with Gasteiger partial charge in [0.2, 0.25) is 5.91 Å². The zero-order valence-electron chi connectivity index (χ0n) is 16.7. The number of likely N-dealkylation sites (N-methyl/N-ethyl adjacent to an activating group) is 1. The standard InChI is InChI=1S/C19H17ClF3N3O6/c1-25(9-17(27)24-11-3-5-14(20)13(7-11)19(21,22)23)18(28)10-32-16-6-4-12(31-2)8-15(16)26(29)30/h3-8H,9-10H2,1-2H3,(H,24,27). The van der Waals surface area contributed by atoms with Crippen molar-refractivity contribution in [3.8, 4) is 11.5 Å². The second-order valence-electron chi connectivity index (χ2n) is 6.37. The first kappa shape index (κ1) is 24.7. The van der Waals surface area contributed by atoms with Crippen LogP contribution in [0.4, 0.5) is 24.5 Å². The molecule has 0 aliphatic rings. The lowest BCUT2D eigenvalue weighted by molar-refractivity contribution is -0.385. The quantitative estimate of drug-likeness (QED) is 0.460. The Balaban J connectivity index is 1.97. The molecule has 0 fully saturated rings. The highest BCUT2D eigenvalue weighted by atomic mass is 35.5. The van der Waals surface area contributed by atoms with Crippen LogP contribution in [0.25, 0.3) is 0 Å². The molecule has 0 aliphatic heterocycles. The lowest BCUT2D eigenvalue weighted by Crippen LogP contribution is -2.37. The smallest absolute Gasteiger partial charge is 0.417 e. The minimum absolute atomic E-state index is 0.155. The summed E-state index contributed by atoms with van der Waals surface area (Å²) >= 11 is 5.53. The van der Waals surface area contributed by atoms with Crippen LogP contribution in [0.5, 0.6) is 11.5 Å². The molecule has 1 N–H and O–H groups in total. The highest BCUT2D eigenvalue weighted by Gasteiger charge is 2.33. The number of benzene rings is 2. The minimum Gasteiger partial charge on any atom is -0.496 e. The van der Waals surface area contributed by atoms with E-state index < -0.39 is 52.3 Å². The van der Waals surface area contributed by atoms with Crippen LogP contribution in [0, 0.1) is 10.1 Å². The minimum atomic E-state index is -4.70. The molecular weight excluding hydrogens is 459 g/mol. The van der Waals surface area contributed by atoms with E-state index in [9.17, 15) is 32.9 Å². The molecule has 0 atom stereocenters. The van der Waals surface area contributed by atoms with E-state index in [-0.39, 0.29) is 17.2 Å². The van der Waals surface area contributed by atoms with Crippen molar-refractivity contribution >= 4 is 34.8 Å². The van der Waals surface area contributed by atoms with Gasteiger partial charge in [-0.05, 0) is 30.3 Å². The summed E-state index contributed by atoms with van der Waals surface area (Å²) in [6, 6.07) is 6.64. The van der Waals surface area contributed by atoms with Crippen LogP contribution in [0.15, 0.2) is 36.4 Å². The van der Waals surface area contributed by atoms with Crippen LogP contribution in [-0.4, -0.2) is 48.9 Å². The fourth-order valence-corrected chi connectivity index (χ4v) is 2.69. The third-order valence-corrected chi connectivity index (χ3v) is 4.41. The molecule has 2 aromatic carbocycles. The lowest BCUT2D eigenvalue weighted by atomic mass is 10.2. The zero-order chi connectivity index (χ0) is 24.1. The number of hydrogen-bond donors (Lipinski definition) is 1. The van der Waals surface area contributed by atoms with E-state index in [0.717, 1.165) is 17.0 Å². The Kier molecular flexibility index (Phi) is 7.87. The first-order valence-corrected chi connectivity index (χ1v) is 9.16. The second kappa shape index (κ2) is 10.2. The van der Waals surface area contributed by atoms with Crippen LogP contribution < -0.4 is 14.8 Å². The van der Waals surface area contributed by atoms with E-state index in [2.05, 4.69) is 5.32 Å². The summed E-state index contributed by atoms with van der Waals surface area (Å²) in [7, 11) is 2.59. The van der Waals surface area contributed by atoms with Crippen LogP contribution >= 0.6 is 11.6 Å². The molecule has 0 spiro atoms. The summed E-state index contributed by atoms with van der Waals surface area (Å²) < 4.78 is 48.8. The topological polar surface area (TPSA) is 111 Å². The Bertz CT molecular complexity index is 1030. The van der Waals surface area contributed by atoms with Gasteiger partial charge in [0.15, 0.2) is 12.4 Å². The van der Waals surface area contributed by atoms with E-state index >= 15 is 0 Å². The molecule has 0 bridgehead atoms. The van der Waals surface area contributed by atoms with E-state index in [1.54, 1.807) is 0 Å². The molecule has 2 amide bonds. The van der Waals surface area contributed by atoms with Gasteiger partial charge in [0.25, 0.3) is 5.91 Å². The van der Waals surface area contributed by atoms with Crippen LogP contribution in [0.1, 0.15) is 5.56 Å². The van der Waals surface area contributed by atoms with Crippen molar-refractivity contribution in [3.05, 3.63) is 57.1 Å². The molecule has 2 aromatic rings. The van der Waals surface area contributed by atoms with Gasteiger partial charge in [-0.3, -0.25) is 19.7 Å². The number of hydrogen-bond acceptors (Lipinski definition) is 6. The molecule has 0 aromatic heterocycles. The van der Waals surface area contributed by atoms with Crippen molar-refractivity contribution in [2.75, 3.05) is 32.6 Å². The second-order valence-corrected chi connectivity index (χ2v) is 6.78. The van der Waals surface area contributed by atoms with Gasteiger partial charge in [-0.25, -0.2) is 0 Å². The van der Waals surface area contributed by atoms with Crippen LogP contribution in [0.3, 0.4) is 0 Å². The van der Waals surface area contributed by atoms with Gasteiger partial charge in [-0.2, -0.15) is 13.2 Å². The van der Waals surface area contributed by atoms with Crippen molar-refractivity contribution in [1.29, 1.82) is 0 Å². The largest absolute Gasteiger partial charge is 0.496 e. The van der Waals surface area contributed by atoms with E-state index in [4.69, 9.17) is 21.1 Å². The van der Waals surface area contributed by atoms with Gasteiger partial charge in [0, 0.05) is 12.7 Å². The molecule has 0 radical (unpaired) electrons. The number of rotatable bonds is 8. The zero-order valence-corrected chi connectivity index (χ0v) is 17.5. The number of nitrogens with zero attached hydrogens (tertiary/aromatic N) is 2. The van der Waals surface area contributed by atoms with Crippen molar-refractivity contribution in [2.24, 2.45) is 0 Å². The number of carbonyl (C=O) groups excluding carboxylic acids is 2. The number of ether oxygens (including phenoxy) is 2. The van der Waals surface area contributed by atoms with Gasteiger partial charge in [0.05, 0.1) is 35.2 Å². The van der Waals surface area contributed by atoms with Crippen LogP contribution in [-0.2, 0) is 15.8 Å². The molecule has 172 valence electrons. The highest BCUT2D eigenvalue weighted by molar-refractivity contribution is 6.31. The Morgan fingerprint density at radius 2 is 1.91 bits per heavy atom. The summed E-state index contributed by atoms with van der Waals surface area (Å²) in [5.74, 6) is -1.42. The number of nitrogens with one attached hydrogen (secondary N) is 1. The summed E-state index contributed by atoms with van der Waals surface area (Å²) in [4.78, 5) is 35.7. The first-order valence-electron chi connectivity index (χ1n) is 8.78. The molecule has 2 rings (SSSR count). The predicted molar refractivity (Wildman–Crippen MR) is 108 cm³/mol. The fraction of sp³-hybridized carbons (Fsp3) is 0.263. The number of alkyl halides is 3. The number of nitro benzene ring substituents is 1. The number of nitro groups is 1. The van der Waals surface area contributed by atoms with Crippen LogP contribution in [0.2, 0.25) is 5.02 Å².